The molecule has 0 fully saturated rings. The van der Waals surface area contributed by atoms with Gasteiger partial charge in [-0.15, -0.1) is 11.8 Å². The molecule has 0 aliphatic rings. The molecular weight excluding hydrogens is 554 g/mol. The van der Waals surface area contributed by atoms with E-state index in [9.17, 15) is 9.59 Å². The number of nitrogens with zero attached hydrogens (tertiary/aromatic N) is 1. The molecule has 1 heterocycles. The van der Waals surface area contributed by atoms with Crippen LogP contribution in [-0.4, -0.2) is 23.5 Å². The lowest BCUT2D eigenvalue weighted by atomic mass is 10.1. The summed E-state index contributed by atoms with van der Waals surface area (Å²) in [4.78, 5) is 27.4. The molecule has 0 saturated heterocycles. The molecule has 0 aliphatic heterocycles. The number of fused-ring (bicyclic) bond motifs is 3. The quantitative estimate of drug-likeness (QED) is 0.167. The number of methoxy groups -OCH3 is 1. The summed E-state index contributed by atoms with van der Waals surface area (Å²) in [5.74, 6) is 0.294. The van der Waals surface area contributed by atoms with Gasteiger partial charge in [-0.25, -0.2) is 0 Å². The molecular formula is C36H31N3O3S. The second-order valence-electron chi connectivity index (χ2n) is 10.1. The predicted octanol–water partition coefficient (Wildman–Crippen LogP) is 8.55. The van der Waals surface area contributed by atoms with Gasteiger partial charge in [0.2, 0.25) is 5.91 Å². The summed E-state index contributed by atoms with van der Waals surface area (Å²) in [5, 5.41) is 7.90. The van der Waals surface area contributed by atoms with Crippen molar-refractivity contribution in [1.82, 2.24) is 4.57 Å². The normalized spacial score (nSPS) is 11.8. The van der Waals surface area contributed by atoms with Crippen molar-refractivity contribution in [3.8, 4) is 5.75 Å². The Hall–Kier alpha value is -5.01. The smallest absolute Gasteiger partial charge is 0.255 e. The largest absolute Gasteiger partial charge is 0.497 e. The SMILES string of the molecule is CCn1c2ccccc2c2cc(NC(=O)C(Sc3ccc(NC(=O)c4cccc(OC)c4)cc3)c3ccccc3)ccc21. The van der Waals surface area contributed by atoms with Crippen LogP contribution in [0.3, 0.4) is 0 Å². The minimum absolute atomic E-state index is 0.106. The number of carbonyl (C=O) groups excluding carboxylic acids is 2. The van der Waals surface area contributed by atoms with Crippen LogP contribution in [0.4, 0.5) is 11.4 Å². The van der Waals surface area contributed by atoms with Gasteiger partial charge >= 0.3 is 0 Å². The second kappa shape index (κ2) is 12.5. The van der Waals surface area contributed by atoms with Gasteiger partial charge in [0.25, 0.3) is 5.91 Å². The highest BCUT2D eigenvalue weighted by Gasteiger charge is 2.23. The first-order valence-electron chi connectivity index (χ1n) is 14.1. The van der Waals surface area contributed by atoms with E-state index in [1.165, 1.54) is 22.7 Å². The maximum atomic E-state index is 13.8. The summed E-state index contributed by atoms with van der Waals surface area (Å²) >= 11 is 1.47. The van der Waals surface area contributed by atoms with Crippen LogP contribution in [-0.2, 0) is 11.3 Å². The van der Waals surface area contributed by atoms with Crippen LogP contribution in [0.2, 0.25) is 0 Å². The fourth-order valence-electron chi connectivity index (χ4n) is 5.30. The topological polar surface area (TPSA) is 72.4 Å². The number of thioether (sulfide) groups is 1. The first kappa shape index (κ1) is 28.1. The van der Waals surface area contributed by atoms with Crippen LogP contribution in [0.25, 0.3) is 21.8 Å². The number of ether oxygens (including phenoxy) is 1. The van der Waals surface area contributed by atoms with Gasteiger partial charge < -0.3 is 19.9 Å². The zero-order valence-corrected chi connectivity index (χ0v) is 24.7. The summed E-state index contributed by atoms with van der Waals surface area (Å²) in [6.45, 7) is 3.01. The highest BCUT2D eigenvalue weighted by Crippen LogP contribution is 2.37. The summed E-state index contributed by atoms with van der Waals surface area (Å²) in [6.07, 6.45) is 0. The maximum Gasteiger partial charge on any atom is 0.255 e. The number of para-hydroxylation sites is 1. The molecule has 5 aromatic carbocycles. The van der Waals surface area contributed by atoms with Gasteiger partial charge in [0, 0.05) is 50.2 Å². The number of amides is 2. The molecule has 0 radical (unpaired) electrons. The average Bonchev–Trinajstić information content (AvgIpc) is 3.37. The number of carbonyl (C=O) groups is 2. The van der Waals surface area contributed by atoms with Gasteiger partial charge in [-0.3, -0.25) is 9.59 Å². The van der Waals surface area contributed by atoms with Crippen LogP contribution in [0.1, 0.15) is 28.1 Å². The number of nitrogens with one attached hydrogen (secondary N) is 2. The van der Waals surface area contributed by atoms with Gasteiger partial charge in [0.1, 0.15) is 11.0 Å². The highest BCUT2D eigenvalue weighted by molar-refractivity contribution is 8.00. The number of anilines is 2. The molecule has 0 saturated carbocycles. The zero-order valence-electron chi connectivity index (χ0n) is 23.9. The third-order valence-corrected chi connectivity index (χ3v) is 8.66. The first-order valence-corrected chi connectivity index (χ1v) is 15.0. The van der Waals surface area contributed by atoms with Crippen molar-refractivity contribution in [1.29, 1.82) is 0 Å². The minimum Gasteiger partial charge on any atom is -0.497 e. The van der Waals surface area contributed by atoms with E-state index in [-0.39, 0.29) is 11.8 Å². The van der Waals surface area contributed by atoms with E-state index in [0.29, 0.717) is 17.0 Å². The molecule has 2 amide bonds. The van der Waals surface area contributed by atoms with Crippen molar-refractivity contribution >= 4 is 56.8 Å². The molecule has 0 aliphatic carbocycles. The Morgan fingerprint density at radius 2 is 1.47 bits per heavy atom. The van der Waals surface area contributed by atoms with E-state index in [0.717, 1.165) is 33.6 Å². The molecule has 6 aromatic rings. The molecule has 2 N–H and O–H groups in total. The number of hydrogen-bond acceptors (Lipinski definition) is 4. The lowest BCUT2D eigenvalue weighted by molar-refractivity contribution is -0.115. The molecule has 6 rings (SSSR count). The average molecular weight is 586 g/mol. The Balaban J connectivity index is 1.22. The molecule has 0 spiro atoms. The standard InChI is InChI=1S/C36H31N3O3S/c1-3-39-32-15-8-7-14-30(32)31-23-27(18-21-33(31)39)38-36(41)34(24-10-5-4-6-11-24)43-29-19-16-26(17-20-29)37-35(40)25-12-9-13-28(22-25)42-2/h4-23,34H,3H2,1-2H3,(H,37,40)(H,38,41). The molecule has 1 aromatic heterocycles. The van der Waals surface area contributed by atoms with E-state index < -0.39 is 5.25 Å². The molecule has 43 heavy (non-hydrogen) atoms. The highest BCUT2D eigenvalue weighted by atomic mass is 32.2. The van der Waals surface area contributed by atoms with Crippen molar-refractivity contribution in [2.45, 2.75) is 23.6 Å². The van der Waals surface area contributed by atoms with Crippen molar-refractivity contribution in [3.05, 3.63) is 132 Å². The summed E-state index contributed by atoms with van der Waals surface area (Å²) in [5.41, 5.74) is 5.17. The first-order chi connectivity index (χ1) is 21.0. The van der Waals surface area contributed by atoms with Crippen LogP contribution >= 0.6 is 11.8 Å². The van der Waals surface area contributed by atoms with Gasteiger partial charge in [0.05, 0.1) is 7.11 Å². The van der Waals surface area contributed by atoms with Crippen LogP contribution in [0, 0.1) is 0 Å². The van der Waals surface area contributed by atoms with Gasteiger partial charge in [0.15, 0.2) is 0 Å². The number of aryl methyl sites for hydroxylation is 1. The molecule has 214 valence electrons. The molecule has 1 atom stereocenters. The van der Waals surface area contributed by atoms with Crippen molar-refractivity contribution in [2.24, 2.45) is 0 Å². The third-order valence-electron chi connectivity index (χ3n) is 7.39. The van der Waals surface area contributed by atoms with Crippen molar-refractivity contribution in [2.75, 3.05) is 17.7 Å². The Bertz CT molecular complexity index is 1920. The number of aromatic nitrogens is 1. The van der Waals surface area contributed by atoms with E-state index >= 15 is 0 Å². The van der Waals surface area contributed by atoms with E-state index in [4.69, 9.17) is 4.74 Å². The maximum absolute atomic E-state index is 13.8. The fourth-order valence-corrected chi connectivity index (χ4v) is 6.33. The third kappa shape index (κ3) is 5.98. The Kier molecular flexibility index (Phi) is 8.16. The van der Waals surface area contributed by atoms with E-state index in [2.05, 4.69) is 52.5 Å². The van der Waals surface area contributed by atoms with Gasteiger partial charge in [-0.1, -0.05) is 54.6 Å². The predicted molar refractivity (Wildman–Crippen MR) is 176 cm³/mol. The zero-order chi connectivity index (χ0) is 29.8. The number of rotatable bonds is 9. The van der Waals surface area contributed by atoms with Crippen molar-refractivity contribution < 1.29 is 14.3 Å². The summed E-state index contributed by atoms with van der Waals surface area (Å²) in [7, 11) is 1.57. The van der Waals surface area contributed by atoms with E-state index in [1.807, 2.05) is 66.7 Å². The summed E-state index contributed by atoms with van der Waals surface area (Å²) < 4.78 is 7.52. The summed E-state index contributed by atoms with van der Waals surface area (Å²) in [6, 6.07) is 38.8. The lowest BCUT2D eigenvalue weighted by Gasteiger charge is -2.18. The van der Waals surface area contributed by atoms with Gasteiger partial charge in [-0.2, -0.15) is 0 Å². The molecule has 7 heteroatoms. The molecule has 6 nitrogen and oxygen atoms in total. The van der Waals surface area contributed by atoms with Crippen LogP contribution in [0.15, 0.2) is 126 Å². The molecule has 0 bridgehead atoms. The van der Waals surface area contributed by atoms with Crippen molar-refractivity contribution in [3.63, 3.8) is 0 Å². The second-order valence-corrected chi connectivity index (χ2v) is 11.3. The van der Waals surface area contributed by atoms with Crippen LogP contribution in [0.5, 0.6) is 5.75 Å². The Labute approximate surface area is 254 Å². The minimum atomic E-state index is -0.480. The van der Waals surface area contributed by atoms with E-state index in [1.54, 1.807) is 31.4 Å². The number of benzene rings is 5. The lowest BCUT2D eigenvalue weighted by Crippen LogP contribution is -2.19. The number of hydrogen-bond donors (Lipinski definition) is 2. The Morgan fingerprint density at radius 1 is 0.744 bits per heavy atom. The Morgan fingerprint density at radius 3 is 2.23 bits per heavy atom. The van der Waals surface area contributed by atoms with Crippen LogP contribution < -0.4 is 15.4 Å². The molecule has 1 unspecified atom stereocenters. The van der Waals surface area contributed by atoms with Gasteiger partial charge in [-0.05, 0) is 79.2 Å². The fraction of sp³-hybridized carbons (Fsp3) is 0.111. The monoisotopic (exact) mass is 585 g/mol.